The molecule has 2 N–H and O–H groups in total. The second-order valence-electron chi connectivity index (χ2n) is 4.32. The number of rotatable bonds is 3. The van der Waals surface area contributed by atoms with Crippen LogP contribution in [0.2, 0.25) is 0 Å². The number of morpholine rings is 1. The minimum absolute atomic E-state index is 0.201. The molecule has 1 aromatic carbocycles. The second-order valence-corrected chi connectivity index (χ2v) is 4.32. The Morgan fingerprint density at radius 3 is 3.17 bits per heavy atom. The first-order valence-electron chi connectivity index (χ1n) is 6.19. The zero-order valence-corrected chi connectivity index (χ0v) is 10.1. The standard InChI is InChI=1S/C13H16N4O/c1-2-4-12-11(3-1)13(17-9-16-12)15-8-10-7-14-5-6-18-10/h1-4,9-10,14H,5-8H2,(H,15,16,17). The Kier molecular flexibility index (Phi) is 3.34. The van der Waals surface area contributed by atoms with Gasteiger partial charge in [-0.2, -0.15) is 0 Å². The Morgan fingerprint density at radius 1 is 1.33 bits per heavy atom. The number of aromatic nitrogens is 2. The molecule has 0 aliphatic carbocycles. The third-order valence-electron chi connectivity index (χ3n) is 3.04. The van der Waals surface area contributed by atoms with Crippen molar-refractivity contribution in [3.63, 3.8) is 0 Å². The average molecular weight is 244 g/mol. The molecule has 3 rings (SSSR count). The molecule has 0 saturated carbocycles. The molecule has 0 bridgehead atoms. The van der Waals surface area contributed by atoms with Crippen molar-refractivity contribution in [3.8, 4) is 0 Å². The summed E-state index contributed by atoms with van der Waals surface area (Å²) in [5.74, 6) is 0.870. The lowest BCUT2D eigenvalue weighted by atomic mass is 10.2. The van der Waals surface area contributed by atoms with E-state index in [0.29, 0.717) is 0 Å². The van der Waals surface area contributed by atoms with Crippen LogP contribution in [-0.2, 0) is 4.74 Å². The highest BCUT2D eigenvalue weighted by atomic mass is 16.5. The molecule has 2 aromatic rings. The molecule has 5 heteroatoms. The molecule has 94 valence electrons. The molecule has 2 heterocycles. The first-order chi connectivity index (χ1) is 8.93. The van der Waals surface area contributed by atoms with Gasteiger partial charge >= 0.3 is 0 Å². The first-order valence-corrected chi connectivity index (χ1v) is 6.19. The number of nitrogens with one attached hydrogen (secondary N) is 2. The Hall–Kier alpha value is -1.72. The van der Waals surface area contributed by atoms with Crippen LogP contribution in [0, 0.1) is 0 Å². The highest BCUT2D eigenvalue weighted by Crippen LogP contribution is 2.18. The number of fused-ring (bicyclic) bond motifs is 1. The van der Waals surface area contributed by atoms with Crippen molar-refractivity contribution in [2.45, 2.75) is 6.10 Å². The highest BCUT2D eigenvalue weighted by Gasteiger charge is 2.13. The van der Waals surface area contributed by atoms with Crippen molar-refractivity contribution in [1.29, 1.82) is 0 Å². The molecule has 5 nitrogen and oxygen atoms in total. The van der Waals surface area contributed by atoms with E-state index in [2.05, 4.69) is 20.6 Å². The third-order valence-corrected chi connectivity index (χ3v) is 3.04. The van der Waals surface area contributed by atoms with Gasteiger partial charge in [-0.05, 0) is 12.1 Å². The van der Waals surface area contributed by atoms with Crippen LogP contribution in [0.15, 0.2) is 30.6 Å². The number of anilines is 1. The van der Waals surface area contributed by atoms with Gasteiger partial charge in [0, 0.05) is 25.0 Å². The largest absolute Gasteiger partial charge is 0.374 e. The molecule has 0 radical (unpaired) electrons. The fourth-order valence-corrected chi connectivity index (χ4v) is 2.11. The molecule has 1 saturated heterocycles. The number of hydrogen-bond donors (Lipinski definition) is 2. The molecule has 1 atom stereocenters. The zero-order valence-electron chi connectivity index (χ0n) is 10.1. The first kappa shape index (κ1) is 11.4. The molecular weight excluding hydrogens is 228 g/mol. The zero-order chi connectivity index (χ0) is 12.2. The summed E-state index contributed by atoms with van der Waals surface area (Å²) in [5.41, 5.74) is 0.956. The number of benzene rings is 1. The summed E-state index contributed by atoms with van der Waals surface area (Å²) in [5, 5.41) is 7.70. The van der Waals surface area contributed by atoms with Crippen molar-refractivity contribution in [2.24, 2.45) is 0 Å². The maximum Gasteiger partial charge on any atom is 0.137 e. The van der Waals surface area contributed by atoms with E-state index in [1.165, 1.54) is 0 Å². The minimum Gasteiger partial charge on any atom is -0.374 e. The van der Waals surface area contributed by atoms with E-state index in [9.17, 15) is 0 Å². The van der Waals surface area contributed by atoms with Crippen molar-refractivity contribution < 1.29 is 4.74 Å². The smallest absolute Gasteiger partial charge is 0.137 e. The Morgan fingerprint density at radius 2 is 2.28 bits per heavy atom. The topological polar surface area (TPSA) is 59.1 Å². The molecule has 18 heavy (non-hydrogen) atoms. The molecule has 1 unspecified atom stereocenters. The molecule has 1 aromatic heterocycles. The van der Waals surface area contributed by atoms with E-state index in [0.717, 1.165) is 43.0 Å². The molecular formula is C13H16N4O. The number of hydrogen-bond acceptors (Lipinski definition) is 5. The molecule has 0 spiro atoms. The van der Waals surface area contributed by atoms with Crippen LogP contribution >= 0.6 is 0 Å². The Balaban J connectivity index is 1.74. The summed E-state index contributed by atoms with van der Waals surface area (Å²) in [6.45, 7) is 3.35. The van der Waals surface area contributed by atoms with Gasteiger partial charge in [0.05, 0.1) is 18.2 Å². The van der Waals surface area contributed by atoms with Crippen LogP contribution < -0.4 is 10.6 Å². The van der Waals surface area contributed by atoms with E-state index in [-0.39, 0.29) is 6.10 Å². The molecule has 0 amide bonds. The second kappa shape index (κ2) is 5.29. The van der Waals surface area contributed by atoms with Crippen molar-refractivity contribution in [3.05, 3.63) is 30.6 Å². The van der Waals surface area contributed by atoms with Gasteiger partial charge in [0.1, 0.15) is 12.1 Å². The lowest BCUT2D eigenvalue weighted by molar-refractivity contribution is 0.0372. The summed E-state index contributed by atoms with van der Waals surface area (Å²) < 4.78 is 5.64. The van der Waals surface area contributed by atoms with Gasteiger partial charge in [-0.1, -0.05) is 12.1 Å². The normalized spacial score (nSPS) is 19.9. The molecule has 1 aliphatic rings. The summed E-state index contributed by atoms with van der Waals surface area (Å²) in [4.78, 5) is 8.54. The van der Waals surface area contributed by atoms with Crippen molar-refractivity contribution in [1.82, 2.24) is 15.3 Å². The van der Waals surface area contributed by atoms with Crippen molar-refractivity contribution >= 4 is 16.7 Å². The maximum absolute atomic E-state index is 5.64. The third kappa shape index (κ3) is 2.42. The van der Waals surface area contributed by atoms with Gasteiger partial charge in [0.25, 0.3) is 0 Å². The van der Waals surface area contributed by atoms with Gasteiger partial charge in [-0.15, -0.1) is 0 Å². The maximum atomic E-state index is 5.64. The number of para-hydroxylation sites is 1. The lowest BCUT2D eigenvalue weighted by Crippen LogP contribution is -2.42. The molecule has 1 fully saturated rings. The van der Waals surface area contributed by atoms with Crippen molar-refractivity contribution in [2.75, 3.05) is 31.6 Å². The van der Waals surface area contributed by atoms with Gasteiger partial charge in [0.15, 0.2) is 0 Å². The highest BCUT2D eigenvalue weighted by molar-refractivity contribution is 5.88. The Bertz CT molecular complexity index is 520. The van der Waals surface area contributed by atoms with E-state index < -0.39 is 0 Å². The fraction of sp³-hybridized carbons (Fsp3) is 0.385. The van der Waals surface area contributed by atoms with E-state index in [1.807, 2.05) is 24.3 Å². The monoisotopic (exact) mass is 244 g/mol. The van der Waals surface area contributed by atoms with Crippen LogP contribution in [0.1, 0.15) is 0 Å². The predicted molar refractivity (Wildman–Crippen MR) is 70.6 cm³/mol. The summed E-state index contributed by atoms with van der Waals surface area (Å²) in [6, 6.07) is 7.99. The minimum atomic E-state index is 0.201. The molecule has 1 aliphatic heterocycles. The summed E-state index contributed by atoms with van der Waals surface area (Å²) >= 11 is 0. The van der Waals surface area contributed by atoms with E-state index in [4.69, 9.17) is 4.74 Å². The van der Waals surface area contributed by atoms with Gasteiger partial charge in [-0.3, -0.25) is 0 Å². The summed E-state index contributed by atoms with van der Waals surface area (Å²) in [7, 11) is 0. The van der Waals surface area contributed by atoms with Gasteiger partial charge in [-0.25, -0.2) is 9.97 Å². The van der Waals surface area contributed by atoms with Crippen LogP contribution in [0.25, 0.3) is 10.9 Å². The SMILES string of the molecule is c1ccc2c(NCC3CNCCO3)ncnc2c1. The Labute approximate surface area is 106 Å². The van der Waals surface area contributed by atoms with E-state index in [1.54, 1.807) is 6.33 Å². The number of nitrogens with zero attached hydrogens (tertiary/aromatic N) is 2. The quantitative estimate of drug-likeness (QED) is 0.844. The summed E-state index contributed by atoms with van der Waals surface area (Å²) in [6.07, 6.45) is 1.79. The van der Waals surface area contributed by atoms with Crippen LogP contribution in [0.3, 0.4) is 0 Å². The predicted octanol–water partition coefficient (Wildman–Crippen LogP) is 1.03. The lowest BCUT2D eigenvalue weighted by Gasteiger charge is -2.24. The van der Waals surface area contributed by atoms with Crippen LogP contribution in [0.5, 0.6) is 0 Å². The van der Waals surface area contributed by atoms with E-state index >= 15 is 0 Å². The van der Waals surface area contributed by atoms with Crippen LogP contribution in [0.4, 0.5) is 5.82 Å². The van der Waals surface area contributed by atoms with Gasteiger partial charge in [0.2, 0.25) is 0 Å². The van der Waals surface area contributed by atoms with Gasteiger partial charge < -0.3 is 15.4 Å². The van der Waals surface area contributed by atoms with Crippen LogP contribution in [-0.4, -0.2) is 42.3 Å². The fourth-order valence-electron chi connectivity index (χ4n) is 2.11. The number of ether oxygens (including phenoxy) is 1. The average Bonchev–Trinajstić information content (AvgIpc) is 2.46.